The molecule has 0 spiro atoms. The highest BCUT2D eigenvalue weighted by Gasteiger charge is 2.21. The van der Waals surface area contributed by atoms with Crippen LogP contribution in [0.2, 0.25) is 0 Å². The number of benzene rings is 4. The highest BCUT2D eigenvalue weighted by molar-refractivity contribution is 6.26. The van der Waals surface area contributed by atoms with Crippen molar-refractivity contribution in [3.05, 3.63) is 71.8 Å². The molecule has 0 nitrogen and oxygen atoms in total. The highest BCUT2D eigenvalue weighted by atomic mass is 14.3. The Kier molecular flexibility index (Phi) is 2.99. The van der Waals surface area contributed by atoms with Crippen LogP contribution < -0.4 is 0 Å². The van der Waals surface area contributed by atoms with Crippen molar-refractivity contribution in [3.8, 4) is 0 Å². The molecule has 0 saturated carbocycles. The Morgan fingerprint density at radius 1 is 0.565 bits per heavy atom. The van der Waals surface area contributed by atoms with Crippen molar-refractivity contribution in [2.75, 3.05) is 0 Å². The fraction of sp³-hybridized carbons (Fsp3) is 0.217. The predicted molar refractivity (Wildman–Crippen MR) is 102 cm³/mol. The van der Waals surface area contributed by atoms with E-state index in [4.69, 9.17) is 0 Å². The van der Waals surface area contributed by atoms with E-state index in [0.717, 1.165) is 0 Å². The first-order valence-electron chi connectivity index (χ1n) is 8.32. The van der Waals surface area contributed by atoms with Gasteiger partial charge in [-0.25, -0.2) is 0 Å². The van der Waals surface area contributed by atoms with E-state index in [9.17, 15) is 0 Å². The standard InChI is InChI=1S/C23H22/c1-15-13-14-20-18-11-6-5-9-16(18)17-10-7-8-12-19(17)21(20)22(15)23(2,3)4/h5-14H,1-4H3. The molecule has 4 rings (SSSR count). The molecule has 0 aliphatic heterocycles. The molecule has 4 aromatic carbocycles. The van der Waals surface area contributed by atoms with Crippen LogP contribution in [0.1, 0.15) is 31.9 Å². The molecule has 0 amide bonds. The van der Waals surface area contributed by atoms with Crippen LogP contribution >= 0.6 is 0 Å². The molecule has 0 heterocycles. The Morgan fingerprint density at radius 2 is 1.00 bits per heavy atom. The average Bonchev–Trinajstić information content (AvgIpc) is 2.53. The molecule has 0 saturated heterocycles. The molecule has 114 valence electrons. The summed E-state index contributed by atoms with van der Waals surface area (Å²) < 4.78 is 0. The third-order valence-electron chi connectivity index (χ3n) is 4.87. The van der Waals surface area contributed by atoms with Crippen molar-refractivity contribution in [3.63, 3.8) is 0 Å². The average molecular weight is 298 g/mol. The number of fused-ring (bicyclic) bond motifs is 6. The van der Waals surface area contributed by atoms with Crippen molar-refractivity contribution in [2.24, 2.45) is 0 Å². The van der Waals surface area contributed by atoms with Gasteiger partial charge < -0.3 is 0 Å². The molecule has 0 bridgehead atoms. The molecule has 0 aliphatic rings. The van der Waals surface area contributed by atoms with Crippen LogP contribution in [0.4, 0.5) is 0 Å². The minimum atomic E-state index is 0.120. The van der Waals surface area contributed by atoms with Crippen LogP contribution in [0.25, 0.3) is 32.3 Å². The van der Waals surface area contributed by atoms with E-state index in [2.05, 4.69) is 88.4 Å². The summed E-state index contributed by atoms with van der Waals surface area (Å²) in [5.41, 5.74) is 2.97. The second kappa shape index (κ2) is 4.83. The van der Waals surface area contributed by atoms with Crippen molar-refractivity contribution in [1.82, 2.24) is 0 Å². The van der Waals surface area contributed by atoms with Gasteiger partial charge in [0, 0.05) is 0 Å². The smallest absolute Gasteiger partial charge is 0.00589 e. The fourth-order valence-corrected chi connectivity index (χ4v) is 4.07. The second-order valence-electron chi connectivity index (χ2n) is 7.52. The van der Waals surface area contributed by atoms with Crippen LogP contribution in [0.3, 0.4) is 0 Å². The molecule has 0 fully saturated rings. The Hall–Kier alpha value is -2.34. The van der Waals surface area contributed by atoms with E-state index in [-0.39, 0.29) is 5.41 Å². The van der Waals surface area contributed by atoms with Gasteiger partial charge in [0.15, 0.2) is 0 Å². The topological polar surface area (TPSA) is 0 Å². The predicted octanol–water partition coefficient (Wildman–Crippen LogP) is 6.75. The number of aryl methyl sites for hydroxylation is 1. The molecule has 0 aromatic heterocycles. The van der Waals surface area contributed by atoms with Crippen LogP contribution in [-0.4, -0.2) is 0 Å². The molecule has 0 atom stereocenters. The molecule has 0 radical (unpaired) electrons. The molecule has 0 N–H and O–H groups in total. The molecule has 0 unspecified atom stereocenters. The first-order chi connectivity index (χ1) is 11.0. The summed E-state index contributed by atoms with van der Waals surface area (Å²) in [7, 11) is 0. The van der Waals surface area contributed by atoms with E-state index in [1.54, 1.807) is 0 Å². The van der Waals surface area contributed by atoms with Gasteiger partial charge in [-0.1, -0.05) is 81.4 Å². The fourth-order valence-electron chi connectivity index (χ4n) is 4.07. The third kappa shape index (κ3) is 2.05. The summed E-state index contributed by atoms with van der Waals surface area (Å²) in [6.07, 6.45) is 0. The monoisotopic (exact) mass is 298 g/mol. The highest BCUT2D eigenvalue weighted by Crippen LogP contribution is 2.41. The number of hydrogen-bond donors (Lipinski definition) is 0. The van der Waals surface area contributed by atoms with Crippen molar-refractivity contribution < 1.29 is 0 Å². The summed E-state index contributed by atoms with van der Waals surface area (Å²) in [5.74, 6) is 0. The van der Waals surface area contributed by atoms with Gasteiger partial charge in [-0.2, -0.15) is 0 Å². The van der Waals surface area contributed by atoms with E-state index < -0.39 is 0 Å². The van der Waals surface area contributed by atoms with E-state index >= 15 is 0 Å². The van der Waals surface area contributed by atoms with Crippen LogP contribution in [0, 0.1) is 6.92 Å². The lowest BCUT2D eigenvalue weighted by molar-refractivity contribution is 0.592. The minimum absolute atomic E-state index is 0.120. The molecule has 23 heavy (non-hydrogen) atoms. The summed E-state index contributed by atoms with van der Waals surface area (Å²) in [6.45, 7) is 9.19. The normalized spacial score (nSPS) is 12.3. The van der Waals surface area contributed by atoms with Gasteiger partial charge >= 0.3 is 0 Å². The van der Waals surface area contributed by atoms with Crippen LogP contribution in [0.15, 0.2) is 60.7 Å². The summed E-state index contributed by atoms with van der Waals surface area (Å²) in [6, 6.07) is 22.2. The minimum Gasteiger partial charge on any atom is -0.0616 e. The maximum absolute atomic E-state index is 2.32. The van der Waals surface area contributed by atoms with Gasteiger partial charge in [-0.3, -0.25) is 0 Å². The zero-order valence-electron chi connectivity index (χ0n) is 14.3. The number of hydrogen-bond acceptors (Lipinski definition) is 0. The van der Waals surface area contributed by atoms with Crippen molar-refractivity contribution in [1.29, 1.82) is 0 Å². The Bertz CT molecular complexity index is 1010. The Morgan fingerprint density at radius 3 is 1.52 bits per heavy atom. The third-order valence-corrected chi connectivity index (χ3v) is 4.87. The molecule has 4 aromatic rings. The van der Waals surface area contributed by atoms with Gasteiger partial charge in [-0.15, -0.1) is 0 Å². The zero-order chi connectivity index (χ0) is 16.2. The Balaban J connectivity index is 2.41. The maximum atomic E-state index is 2.32. The van der Waals surface area contributed by atoms with E-state index in [1.165, 1.54) is 43.4 Å². The van der Waals surface area contributed by atoms with E-state index in [0.29, 0.717) is 0 Å². The molecular weight excluding hydrogens is 276 g/mol. The summed E-state index contributed by atoms with van der Waals surface area (Å²) >= 11 is 0. The largest absolute Gasteiger partial charge is 0.0616 e. The van der Waals surface area contributed by atoms with Gasteiger partial charge in [0.25, 0.3) is 0 Å². The van der Waals surface area contributed by atoms with Gasteiger partial charge in [0.2, 0.25) is 0 Å². The lowest BCUT2D eigenvalue weighted by Crippen LogP contribution is -2.14. The molecule has 0 aliphatic carbocycles. The molecule has 0 heteroatoms. The van der Waals surface area contributed by atoms with E-state index in [1.807, 2.05) is 0 Å². The number of rotatable bonds is 0. The summed E-state index contributed by atoms with van der Waals surface area (Å²) in [5, 5.41) is 8.22. The van der Waals surface area contributed by atoms with Crippen LogP contribution in [-0.2, 0) is 5.41 Å². The maximum Gasteiger partial charge on any atom is -0.00589 e. The molecular formula is C23H22. The second-order valence-corrected chi connectivity index (χ2v) is 7.52. The zero-order valence-corrected chi connectivity index (χ0v) is 14.3. The first-order valence-corrected chi connectivity index (χ1v) is 8.32. The lowest BCUT2D eigenvalue weighted by atomic mass is 9.78. The SMILES string of the molecule is Cc1ccc2c3ccccc3c3ccccc3c2c1C(C)(C)C. The first kappa shape index (κ1) is 14.3. The van der Waals surface area contributed by atoms with Gasteiger partial charge in [0.1, 0.15) is 0 Å². The van der Waals surface area contributed by atoms with Crippen LogP contribution in [0.5, 0.6) is 0 Å². The van der Waals surface area contributed by atoms with Gasteiger partial charge in [0.05, 0.1) is 0 Å². The quantitative estimate of drug-likeness (QED) is 0.315. The summed E-state index contributed by atoms with van der Waals surface area (Å²) in [4.78, 5) is 0. The Labute approximate surface area is 137 Å². The van der Waals surface area contributed by atoms with Gasteiger partial charge in [-0.05, 0) is 55.8 Å². The van der Waals surface area contributed by atoms with Crippen molar-refractivity contribution in [2.45, 2.75) is 33.1 Å². The van der Waals surface area contributed by atoms with Crippen molar-refractivity contribution >= 4 is 32.3 Å². The lowest BCUT2D eigenvalue weighted by Gasteiger charge is -2.26.